The van der Waals surface area contributed by atoms with E-state index < -0.39 is 0 Å². The Hall–Kier alpha value is -1.43. The van der Waals surface area contributed by atoms with Gasteiger partial charge in [0.15, 0.2) is 0 Å². The fourth-order valence-electron chi connectivity index (χ4n) is 2.63. The van der Waals surface area contributed by atoms with E-state index in [0.717, 1.165) is 25.3 Å². The standard InChI is InChI=1S/C13H21N5O/c1-2-14-13(19)10-6-17(7-10)8-11-9-18(16-15-11)12-4-3-5-12/h9-10,12H,2-8H2,1H3,(H,14,19). The maximum atomic E-state index is 11.6. The highest BCUT2D eigenvalue weighted by atomic mass is 16.2. The van der Waals surface area contributed by atoms with Crippen molar-refractivity contribution in [1.82, 2.24) is 25.2 Å². The van der Waals surface area contributed by atoms with Crippen LogP contribution in [0.2, 0.25) is 0 Å². The van der Waals surface area contributed by atoms with Gasteiger partial charge in [-0.05, 0) is 26.2 Å². The fourth-order valence-corrected chi connectivity index (χ4v) is 2.63. The van der Waals surface area contributed by atoms with Gasteiger partial charge in [0, 0.05) is 26.2 Å². The molecule has 1 saturated carbocycles. The van der Waals surface area contributed by atoms with E-state index >= 15 is 0 Å². The molecule has 0 atom stereocenters. The summed E-state index contributed by atoms with van der Waals surface area (Å²) in [6, 6.07) is 0.570. The Labute approximate surface area is 113 Å². The van der Waals surface area contributed by atoms with Crippen molar-refractivity contribution in [1.29, 1.82) is 0 Å². The Bertz CT molecular complexity index is 448. The molecular formula is C13H21N5O. The monoisotopic (exact) mass is 263 g/mol. The SMILES string of the molecule is CCNC(=O)C1CN(Cc2cn(C3CCC3)nn2)C1. The van der Waals surface area contributed by atoms with Crippen LogP contribution in [-0.2, 0) is 11.3 Å². The number of likely N-dealkylation sites (tertiary alicyclic amines) is 1. The molecule has 0 spiro atoms. The summed E-state index contributed by atoms with van der Waals surface area (Å²) in [6.07, 6.45) is 5.82. The van der Waals surface area contributed by atoms with Gasteiger partial charge in [-0.2, -0.15) is 0 Å². The van der Waals surface area contributed by atoms with Crippen molar-refractivity contribution in [2.75, 3.05) is 19.6 Å². The zero-order valence-corrected chi connectivity index (χ0v) is 11.4. The van der Waals surface area contributed by atoms with E-state index in [-0.39, 0.29) is 11.8 Å². The number of amides is 1. The lowest BCUT2D eigenvalue weighted by molar-refractivity contribution is -0.130. The zero-order valence-electron chi connectivity index (χ0n) is 11.4. The quantitative estimate of drug-likeness (QED) is 0.843. The van der Waals surface area contributed by atoms with Crippen molar-refractivity contribution in [3.05, 3.63) is 11.9 Å². The van der Waals surface area contributed by atoms with Crippen LogP contribution in [0.3, 0.4) is 0 Å². The van der Waals surface area contributed by atoms with Gasteiger partial charge in [-0.3, -0.25) is 9.69 Å². The number of hydrogen-bond donors (Lipinski definition) is 1. The van der Waals surface area contributed by atoms with Gasteiger partial charge in [-0.25, -0.2) is 4.68 Å². The number of carbonyl (C=O) groups is 1. The predicted octanol–water partition coefficient (Wildman–Crippen LogP) is 0.571. The number of carbonyl (C=O) groups excluding carboxylic acids is 1. The second kappa shape index (κ2) is 5.28. The number of nitrogens with zero attached hydrogens (tertiary/aromatic N) is 4. The number of aromatic nitrogens is 3. The van der Waals surface area contributed by atoms with Gasteiger partial charge in [0.2, 0.25) is 5.91 Å². The summed E-state index contributed by atoms with van der Waals surface area (Å²) in [4.78, 5) is 13.8. The average Bonchev–Trinajstić information content (AvgIpc) is 2.69. The van der Waals surface area contributed by atoms with Crippen molar-refractivity contribution >= 4 is 5.91 Å². The number of rotatable bonds is 5. The van der Waals surface area contributed by atoms with Crippen molar-refractivity contribution in [2.24, 2.45) is 5.92 Å². The molecule has 1 amide bonds. The first-order valence-corrected chi connectivity index (χ1v) is 7.17. The van der Waals surface area contributed by atoms with Gasteiger partial charge < -0.3 is 5.32 Å². The second-order valence-corrected chi connectivity index (χ2v) is 5.56. The fraction of sp³-hybridized carbons (Fsp3) is 0.769. The summed E-state index contributed by atoms with van der Waals surface area (Å²) >= 11 is 0. The van der Waals surface area contributed by atoms with Crippen LogP contribution in [0.4, 0.5) is 0 Å². The Balaban J connectivity index is 1.45. The molecule has 1 aromatic heterocycles. The Kier molecular flexibility index (Phi) is 3.50. The molecule has 0 aromatic carbocycles. The first-order valence-electron chi connectivity index (χ1n) is 7.17. The smallest absolute Gasteiger partial charge is 0.225 e. The summed E-state index contributed by atoms with van der Waals surface area (Å²) in [5, 5.41) is 11.3. The third-order valence-electron chi connectivity index (χ3n) is 4.07. The minimum Gasteiger partial charge on any atom is -0.356 e. The largest absolute Gasteiger partial charge is 0.356 e. The third kappa shape index (κ3) is 2.63. The lowest BCUT2D eigenvalue weighted by atomic mass is 9.93. The summed E-state index contributed by atoms with van der Waals surface area (Å²) < 4.78 is 2.00. The highest BCUT2D eigenvalue weighted by molar-refractivity contribution is 5.79. The molecule has 0 bridgehead atoms. The van der Waals surface area contributed by atoms with Crippen LogP contribution in [0.25, 0.3) is 0 Å². The molecule has 1 aliphatic carbocycles. The Morgan fingerprint density at radius 2 is 2.26 bits per heavy atom. The average molecular weight is 263 g/mol. The molecule has 19 heavy (non-hydrogen) atoms. The molecule has 1 N–H and O–H groups in total. The molecule has 104 valence electrons. The second-order valence-electron chi connectivity index (χ2n) is 5.56. The number of nitrogens with one attached hydrogen (secondary N) is 1. The first kappa shape index (κ1) is 12.6. The van der Waals surface area contributed by atoms with Crippen LogP contribution in [0.15, 0.2) is 6.20 Å². The molecule has 1 saturated heterocycles. The maximum Gasteiger partial charge on any atom is 0.225 e. The molecule has 0 radical (unpaired) electrons. The summed E-state index contributed by atoms with van der Waals surface area (Å²) in [6.45, 7) is 5.14. The zero-order chi connectivity index (χ0) is 13.2. The molecule has 2 heterocycles. The van der Waals surface area contributed by atoms with Crippen molar-refractivity contribution in [2.45, 2.75) is 38.8 Å². The van der Waals surface area contributed by atoms with Crippen molar-refractivity contribution < 1.29 is 4.79 Å². The van der Waals surface area contributed by atoms with Crippen LogP contribution in [-0.4, -0.2) is 45.4 Å². The molecule has 6 heteroatoms. The van der Waals surface area contributed by atoms with Crippen LogP contribution >= 0.6 is 0 Å². The van der Waals surface area contributed by atoms with E-state index in [4.69, 9.17) is 0 Å². The number of hydrogen-bond acceptors (Lipinski definition) is 4. The molecule has 0 unspecified atom stereocenters. The predicted molar refractivity (Wildman–Crippen MR) is 70.4 cm³/mol. The van der Waals surface area contributed by atoms with Crippen LogP contribution < -0.4 is 5.32 Å². The van der Waals surface area contributed by atoms with E-state index in [9.17, 15) is 4.79 Å². The van der Waals surface area contributed by atoms with E-state index in [1.165, 1.54) is 19.3 Å². The van der Waals surface area contributed by atoms with Gasteiger partial charge in [0.05, 0.1) is 23.9 Å². The highest BCUT2D eigenvalue weighted by Gasteiger charge is 2.32. The molecule has 3 rings (SSSR count). The normalized spacial score (nSPS) is 20.9. The minimum atomic E-state index is 0.154. The Morgan fingerprint density at radius 3 is 2.89 bits per heavy atom. The van der Waals surface area contributed by atoms with Crippen molar-refractivity contribution in [3.8, 4) is 0 Å². The summed E-state index contributed by atoms with van der Waals surface area (Å²) in [7, 11) is 0. The van der Waals surface area contributed by atoms with Gasteiger partial charge in [0.25, 0.3) is 0 Å². The highest BCUT2D eigenvalue weighted by Crippen LogP contribution is 2.30. The third-order valence-corrected chi connectivity index (χ3v) is 4.07. The molecule has 1 aliphatic heterocycles. The lowest BCUT2D eigenvalue weighted by Gasteiger charge is -2.37. The Morgan fingerprint density at radius 1 is 1.47 bits per heavy atom. The van der Waals surface area contributed by atoms with E-state index in [2.05, 4.69) is 26.7 Å². The van der Waals surface area contributed by atoms with Gasteiger partial charge in [0.1, 0.15) is 0 Å². The van der Waals surface area contributed by atoms with E-state index in [1.54, 1.807) is 0 Å². The van der Waals surface area contributed by atoms with Crippen LogP contribution in [0.5, 0.6) is 0 Å². The maximum absolute atomic E-state index is 11.6. The first-order chi connectivity index (χ1) is 9.26. The van der Waals surface area contributed by atoms with Gasteiger partial charge in [-0.15, -0.1) is 5.10 Å². The molecule has 2 fully saturated rings. The lowest BCUT2D eigenvalue weighted by Crippen LogP contribution is -2.53. The van der Waals surface area contributed by atoms with Gasteiger partial charge >= 0.3 is 0 Å². The van der Waals surface area contributed by atoms with Gasteiger partial charge in [-0.1, -0.05) is 5.21 Å². The molecule has 6 nitrogen and oxygen atoms in total. The molecule has 2 aliphatic rings. The topological polar surface area (TPSA) is 63.1 Å². The van der Waals surface area contributed by atoms with E-state index in [1.807, 2.05) is 11.6 Å². The summed E-state index contributed by atoms with van der Waals surface area (Å²) in [5.74, 6) is 0.332. The van der Waals surface area contributed by atoms with Crippen molar-refractivity contribution in [3.63, 3.8) is 0 Å². The molecular weight excluding hydrogens is 242 g/mol. The summed E-state index contributed by atoms with van der Waals surface area (Å²) in [5.41, 5.74) is 1.02. The molecule has 1 aromatic rings. The van der Waals surface area contributed by atoms with E-state index in [0.29, 0.717) is 12.6 Å². The minimum absolute atomic E-state index is 0.154. The van der Waals surface area contributed by atoms with Crippen LogP contribution in [0.1, 0.15) is 37.9 Å². The van der Waals surface area contributed by atoms with Crippen LogP contribution in [0, 0.1) is 5.92 Å².